The van der Waals surface area contributed by atoms with Gasteiger partial charge in [0.2, 0.25) is 0 Å². The second-order valence-corrected chi connectivity index (χ2v) is 10.9. The highest BCUT2D eigenvalue weighted by molar-refractivity contribution is 5.96. The van der Waals surface area contributed by atoms with Gasteiger partial charge >= 0.3 is 0 Å². The minimum absolute atomic E-state index is 0.130. The van der Waals surface area contributed by atoms with E-state index in [1.54, 1.807) is 0 Å². The molecular formula is C34H37N5O2. The number of hydrogen-bond donors (Lipinski definition) is 0. The average molecular weight is 548 g/mol. The molecule has 0 N–H and O–H groups in total. The van der Waals surface area contributed by atoms with Gasteiger partial charge in [-0.25, -0.2) is 9.78 Å². The first-order chi connectivity index (χ1) is 20.2. The number of likely N-dealkylation sites (N-methyl/N-ethyl adjacent to an activating group) is 1. The van der Waals surface area contributed by atoms with Crippen molar-refractivity contribution in [3.05, 3.63) is 114 Å². The summed E-state index contributed by atoms with van der Waals surface area (Å²) >= 11 is 0. The molecule has 6 rings (SSSR count). The molecule has 0 radical (unpaired) electrons. The van der Waals surface area contributed by atoms with E-state index in [0.717, 1.165) is 50.4 Å². The first kappa shape index (κ1) is 27.2. The molecule has 7 heteroatoms. The summed E-state index contributed by atoms with van der Waals surface area (Å²) in [6.07, 6.45) is 6.83. The number of rotatable bonds is 10. The van der Waals surface area contributed by atoms with Crippen LogP contribution in [0.15, 0.2) is 97.2 Å². The maximum absolute atomic E-state index is 12.6. The lowest BCUT2D eigenvalue weighted by molar-refractivity contribution is 0.115. The molecule has 2 aliphatic rings. The first-order valence-electron chi connectivity index (χ1n) is 14.5. The predicted octanol–water partition coefficient (Wildman–Crippen LogP) is 4.83. The fourth-order valence-electron chi connectivity index (χ4n) is 5.96. The lowest BCUT2D eigenvalue weighted by atomic mass is 9.93. The van der Waals surface area contributed by atoms with E-state index >= 15 is 0 Å². The molecule has 210 valence electrons. The lowest BCUT2D eigenvalue weighted by Crippen LogP contribution is -2.50. The summed E-state index contributed by atoms with van der Waals surface area (Å²) in [6, 6.07) is 25.0. The lowest BCUT2D eigenvalue weighted by Gasteiger charge is -2.37. The van der Waals surface area contributed by atoms with E-state index in [2.05, 4.69) is 98.0 Å². The van der Waals surface area contributed by atoms with Crippen LogP contribution in [0.2, 0.25) is 0 Å². The van der Waals surface area contributed by atoms with Crippen molar-refractivity contribution in [2.45, 2.75) is 32.2 Å². The standard InChI is InChI=1S/C34H37N5O2/c1-36-16-18-37(19-17-36)34-32(31-14-7-12-28-11-5-6-13-30(28)31)23-39(33(34)24-40)22-29-21-35-26-38(29)15-8-20-41-25-27-9-3-2-4-10-27/h2-7,9-14,21,23,26,34H,8,15-20,22,25H2,1H3. The maximum Gasteiger partial charge on any atom is 0.148 e. The summed E-state index contributed by atoms with van der Waals surface area (Å²) in [6.45, 7) is 6.43. The monoisotopic (exact) mass is 547 g/mol. The summed E-state index contributed by atoms with van der Waals surface area (Å²) in [7, 11) is 2.16. The van der Waals surface area contributed by atoms with Gasteiger partial charge in [-0.2, -0.15) is 0 Å². The van der Waals surface area contributed by atoms with Crippen LogP contribution in [0.3, 0.4) is 0 Å². The Hall–Kier alpha value is -4.00. The normalized spacial score (nSPS) is 18.2. The Kier molecular flexibility index (Phi) is 8.40. The second-order valence-electron chi connectivity index (χ2n) is 10.9. The van der Waals surface area contributed by atoms with Crippen molar-refractivity contribution in [2.75, 3.05) is 39.8 Å². The third-order valence-electron chi connectivity index (χ3n) is 8.20. The highest BCUT2D eigenvalue weighted by Crippen LogP contribution is 2.39. The van der Waals surface area contributed by atoms with Gasteiger partial charge < -0.3 is 19.1 Å². The minimum Gasteiger partial charge on any atom is -0.377 e. The molecule has 2 aliphatic heterocycles. The third-order valence-corrected chi connectivity index (χ3v) is 8.20. The van der Waals surface area contributed by atoms with Gasteiger partial charge in [-0.05, 0) is 35.4 Å². The second kappa shape index (κ2) is 12.7. The van der Waals surface area contributed by atoms with Crippen LogP contribution >= 0.6 is 0 Å². The first-order valence-corrected chi connectivity index (χ1v) is 14.5. The van der Waals surface area contributed by atoms with Crippen LogP contribution in [0, 0.1) is 0 Å². The Balaban J connectivity index is 1.22. The molecule has 0 amide bonds. The molecule has 1 unspecified atom stereocenters. The Morgan fingerprint density at radius 2 is 1.73 bits per heavy atom. The molecule has 1 aromatic heterocycles. The van der Waals surface area contributed by atoms with E-state index in [1.807, 2.05) is 30.7 Å². The Labute approximate surface area is 242 Å². The molecular weight excluding hydrogens is 510 g/mol. The van der Waals surface area contributed by atoms with Crippen molar-refractivity contribution in [3.63, 3.8) is 0 Å². The SMILES string of the molecule is CN1CCN(C2C(=C=O)N(Cc3cncn3CCCOCc3ccccc3)C=C2c2cccc3ccccc23)CC1. The van der Waals surface area contributed by atoms with Gasteiger partial charge in [-0.3, -0.25) is 4.90 Å². The average Bonchev–Trinajstić information content (AvgIpc) is 3.61. The molecule has 4 aromatic rings. The fourth-order valence-corrected chi connectivity index (χ4v) is 5.96. The number of ether oxygens (including phenoxy) is 1. The molecule has 7 nitrogen and oxygen atoms in total. The Morgan fingerprint density at radius 3 is 2.56 bits per heavy atom. The molecule has 0 saturated carbocycles. The minimum atomic E-state index is -0.130. The third kappa shape index (κ3) is 6.04. The van der Waals surface area contributed by atoms with Crippen LogP contribution in [0.1, 0.15) is 23.2 Å². The van der Waals surface area contributed by atoms with Crippen molar-refractivity contribution in [1.82, 2.24) is 24.3 Å². The van der Waals surface area contributed by atoms with Gasteiger partial charge in [0.25, 0.3) is 0 Å². The van der Waals surface area contributed by atoms with Crippen molar-refractivity contribution in [2.24, 2.45) is 0 Å². The number of nitrogens with zero attached hydrogens (tertiary/aromatic N) is 5. The Bertz CT molecular complexity index is 1540. The largest absolute Gasteiger partial charge is 0.377 e. The highest BCUT2D eigenvalue weighted by atomic mass is 16.5. The van der Waals surface area contributed by atoms with Crippen LogP contribution in [-0.2, 0) is 29.2 Å². The number of imidazole rings is 1. The van der Waals surface area contributed by atoms with Gasteiger partial charge in [0, 0.05) is 57.3 Å². The fraction of sp³-hybridized carbons (Fsp3) is 0.324. The summed E-state index contributed by atoms with van der Waals surface area (Å²) in [4.78, 5) is 24.0. The van der Waals surface area contributed by atoms with Gasteiger partial charge in [-0.15, -0.1) is 0 Å². The van der Waals surface area contributed by atoms with Crippen molar-refractivity contribution >= 4 is 22.3 Å². The van der Waals surface area contributed by atoms with Gasteiger partial charge in [0.1, 0.15) is 11.6 Å². The number of aryl methyl sites for hydroxylation is 1. The van der Waals surface area contributed by atoms with Crippen LogP contribution in [0.5, 0.6) is 0 Å². The molecule has 0 spiro atoms. The van der Waals surface area contributed by atoms with E-state index in [1.165, 1.54) is 21.9 Å². The smallest absolute Gasteiger partial charge is 0.148 e. The number of aromatic nitrogens is 2. The molecule has 41 heavy (non-hydrogen) atoms. The van der Waals surface area contributed by atoms with Crippen LogP contribution in [0.4, 0.5) is 0 Å². The van der Waals surface area contributed by atoms with E-state index in [4.69, 9.17) is 4.74 Å². The number of fused-ring (bicyclic) bond motifs is 1. The zero-order chi connectivity index (χ0) is 28.0. The van der Waals surface area contributed by atoms with E-state index in [9.17, 15) is 4.79 Å². The molecule has 0 aliphatic carbocycles. The molecule has 3 aromatic carbocycles. The zero-order valence-electron chi connectivity index (χ0n) is 23.7. The van der Waals surface area contributed by atoms with E-state index in [-0.39, 0.29) is 6.04 Å². The zero-order valence-corrected chi connectivity index (χ0v) is 23.7. The van der Waals surface area contributed by atoms with Gasteiger partial charge in [0.15, 0.2) is 0 Å². The topological polar surface area (TPSA) is 53.8 Å². The number of benzene rings is 3. The highest BCUT2D eigenvalue weighted by Gasteiger charge is 2.38. The van der Waals surface area contributed by atoms with E-state index in [0.29, 0.717) is 25.5 Å². The van der Waals surface area contributed by atoms with Crippen LogP contribution in [0.25, 0.3) is 16.3 Å². The Morgan fingerprint density at radius 1 is 0.951 bits per heavy atom. The molecule has 1 fully saturated rings. The van der Waals surface area contributed by atoms with Crippen LogP contribution < -0.4 is 0 Å². The van der Waals surface area contributed by atoms with Crippen molar-refractivity contribution in [1.29, 1.82) is 0 Å². The summed E-state index contributed by atoms with van der Waals surface area (Å²) in [5, 5.41) is 2.40. The van der Waals surface area contributed by atoms with Crippen molar-refractivity contribution in [3.8, 4) is 0 Å². The number of piperazine rings is 1. The number of carbonyl (C=O) groups excluding carboxylic acids is 1. The summed E-state index contributed by atoms with van der Waals surface area (Å²) in [5.74, 6) is 2.36. The summed E-state index contributed by atoms with van der Waals surface area (Å²) in [5.41, 5.74) is 5.25. The van der Waals surface area contributed by atoms with Crippen molar-refractivity contribution < 1.29 is 9.53 Å². The van der Waals surface area contributed by atoms with Crippen LogP contribution in [-0.4, -0.2) is 76.1 Å². The van der Waals surface area contributed by atoms with Gasteiger partial charge in [0.05, 0.1) is 31.2 Å². The molecule has 0 bridgehead atoms. The van der Waals surface area contributed by atoms with Gasteiger partial charge in [-0.1, -0.05) is 72.8 Å². The molecule has 3 heterocycles. The maximum atomic E-state index is 12.6. The predicted molar refractivity (Wildman–Crippen MR) is 162 cm³/mol. The quantitative estimate of drug-likeness (QED) is 0.209. The summed E-state index contributed by atoms with van der Waals surface area (Å²) < 4.78 is 8.06. The number of hydrogen-bond acceptors (Lipinski definition) is 6. The van der Waals surface area contributed by atoms with E-state index < -0.39 is 0 Å². The molecule has 1 saturated heterocycles. The molecule has 1 atom stereocenters.